The van der Waals surface area contributed by atoms with Crippen LogP contribution in [-0.4, -0.2) is 35.5 Å². The number of aromatic carboxylic acids is 1. The van der Waals surface area contributed by atoms with Crippen LogP contribution in [0, 0.1) is 10.1 Å². The Morgan fingerprint density at radius 1 is 1.53 bits per heavy atom. The summed E-state index contributed by atoms with van der Waals surface area (Å²) in [5, 5.41) is 19.9. The molecule has 0 heterocycles. The smallest absolute Gasteiger partial charge is 0.343 e. The minimum absolute atomic E-state index is 0.216. The van der Waals surface area contributed by atoms with Crippen molar-refractivity contribution >= 4 is 23.4 Å². The Morgan fingerprint density at radius 3 is 2.84 bits per heavy atom. The molecule has 0 fully saturated rings. The number of carbonyl (C=O) groups is 1. The summed E-state index contributed by atoms with van der Waals surface area (Å²) >= 11 is 1.53. The lowest BCUT2D eigenvalue weighted by atomic mass is 10.1. The summed E-state index contributed by atoms with van der Waals surface area (Å²) in [6.07, 6.45) is 0.860. The Labute approximate surface area is 114 Å². The maximum Gasteiger partial charge on any atom is 0.343 e. The van der Waals surface area contributed by atoms with Gasteiger partial charge in [-0.2, -0.15) is 11.8 Å². The largest absolute Gasteiger partial charge is 0.477 e. The number of rotatable bonds is 8. The molecule has 6 nitrogen and oxygen atoms in total. The van der Waals surface area contributed by atoms with E-state index in [9.17, 15) is 14.9 Å². The zero-order chi connectivity index (χ0) is 14.3. The quantitative estimate of drug-likeness (QED) is 0.448. The topological polar surface area (TPSA) is 89.7 Å². The number of nitro benzene ring substituents is 1. The van der Waals surface area contributed by atoms with Crippen molar-refractivity contribution in [3.05, 3.63) is 39.4 Å². The predicted octanol–water partition coefficient (Wildman–Crippen LogP) is 2.56. The lowest BCUT2D eigenvalue weighted by molar-refractivity contribution is -0.385. The van der Waals surface area contributed by atoms with E-state index in [-0.39, 0.29) is 11.3 Å². The van der Waals surface area contributed by atoms with Crippen molar-refractivity contribution in [1.82, 2.24) is 0 Å². The fourth-order valence-corrected chi connectivity index (χ4v) is 2.52. The van der Waals surface area contributed by atoms with Crippen LogP contribution in [-0.2, 0) is 10.5 Å². The maximum absolute atomic E-state index is 11.1. The molecule has 0 aromatic heterocycles. The molecule has 104 valence electrons. The Hall–Kier alpha value is -1.60. The van der Waals surface area contributed by atoms with Crippen LogP contribution in [0.1, 0.15) is 22.3 Å². The molecule has 19 heavy (non-hydrogen) atoms. The van der Waals surface area contributed by atoms with E-state index in [1.54, 1.807) is 13.2 Å². The molecule has 0 atom stereocenters. The number of methoxy groups -OCH3 is 1. The minimum Gasteiger partial charge on any atom is -0.477 e. The van der Waals surface area contributed by atoms with Gasteiger partial charge in [-0.05, 0) is 17.7 Å². The molecule has 0 amide bonds. The zero-order valence-corrected chi connectivity index (χ0v) is 11.3. The first-order valence-electron chi connectivity index (χ1n) is 5.64. The van der Waals surface area contributed by atoms with Gasteiger partial charge in [0.1, 0.15) is 5.56 Å². The van der Waals surface area contributed by atoms with Crippen LogP contribution in [0.25, 0.3) is 0 Å². The van der Waals surface area contributed by atoms with E-state index >= 15 is 0 Å². The highest BCUT2D eigenvalue weighted by atomic mass is 32.2. The van der Waals surface area contributed by atoms with Gasteiger partial charge in [0.25, 0.3) is 5.69 Å². The van der Waals surface area contributed by atoms with Crippen molar-refractivity contribution in [2.24, 2.45) is 0 Å². The number of hydrogen-bond acceptors (Lipinski definition) is 5. The second-order valence-electron chi connectivity index (χ2n) is 3.77. The Bertz CT molecular complexity index is 463. The second-order valence-corrected chi connectivity index (χ2v) is 4.88. The van der Waals surface area contributed by atoms with E-state index < -0.39 is 10.9 Å². The molecule has 1 rings (SSSR count). The van der Waals surface area contributed by atoms with Crippen molar-refractivity contribution in [3.63, 3.8) is 0 Å². The molecule has 0 radical (unpaired) electrons. The van der Waals surface area contributed by atoms with E-state index in [2.05, 4.69) is 0 Å². The summed E-state index contributed by atoms with van der Waals surface area (Å²) in [5.41, 5.74) is -0.0988. The third-order valence-electron chi connectivity index (χ3n) is 2.43. The number of benzene rings is 1. The Morgan fingerprint density at radius 2 is 2.26 bits per heavy atom. The van der Waals surface area contributed by atoms with Crippen LogP contribution in [0.2, 0.25) is 0 Å². The van der Waals surface area contributed by atoms with Gasteiger partial charge in [-0.1, -0.05) is 12.1 Å². The molecule has 0 unspecified atom stereocenters. The van der Waals surface area contributed by atoms with Crippen molar-refractivity contribution in [3.8, 4) is 0 Å². The average molecular weight is 285 g/mol. The summed E-state index contributed by atoms with van der Waals surface area (Å²) in [5.74, 6) is -0.0115. The van der Waals surface area contributed by atoms with Gasteiger partial charge in [-0.25, -0.2) is 4.79 Å². The van der Waals surface area contributed by atoms with Crippen LogP contribution in [0.5, 0.6) is 0 Å². The number of ether oxygens (including phenoxy) is 1. The fourth-order valence-electron chi connectivity index (χ4n) is 1.59. The first-order chi connectivity index (χ1) is 9.07. The van der Waals surface area contributed by atoms with E-state index in [1.807, 2.05) is 0 Å². The number of nitrogens with zero attached hydrogens (tertiary/aromatic N) is 1. The zero-order valence-electron chi connectivity index (χ0n) is 10.5. The van der Waals surface area contributed by atoms with Crippen LogP contribution >= 0.6 is 11.8 Å². The number of carboxylic acid groups (broad SMARTS) is 1. The van der Waals surface area contributed by atoms with Gasteiger partial charge in [-0.3, -0.25) is 10.1 Å². The number of hydrogen-bond donors (Lipinski definition) is 1. The summed E-state index contributed by atoms with van der Waals surface area (Å²) in [4.78, 5) is 21.3. The van der Waals surface area contributed by atoms with Crippen LogP contribution < -0.4 is 0 Å². The minimum atomic E-state index is -1.26. The Kier molecular flexibility index (Phi) is 6.31. The van der Waals surface area contributed by atoms with Crippen molar-refractivity contribution in [1.29, 1.82) is 0 Å². The molecule has 0 aliphatic rings. The van der Waals surface area contributed by atoms with Crippen molar-refractivity contribution < 1.29 is 19.6 Å². The highest BCUT2D eigenvalue weighted by Crippen LogP contribution is 2.25. The molecule has 0 spiro atoms. The van der Waals surface area contributed by atoms with E-state index in [4.69, 9.17) is 9.84 Å². The van der Waals surface area contributed by atoms with Gasteiger partial charge < -0.3 is 9.84 Å². The van der Waals surface area contributed by atoms with Gasteiger partial charge in [0, 0.05) is 25.5 Å². The van der Waals surface area contributed by atoms with Gasteiger partial charge in [0.05, 0.1) is 4.92 Å². The van der Waals surface area contributed by atoms with Crippen LogP contribution in [0.3, 0.4) is 0 Å². The van der Waals surface area contributed by atoms with Gasteiger partial charge in [0.15, 0.2) is 0 Å². The monoisotopic (exact) mass is 285 g/mol. The van der Waals surface area contributed by atoms with E-state index in [0.29, 0.717) is 17.9 Å². The Balaban J connectivity index is 2.80. The van der Waals surface area contributed by atoms with Crippen LogP contribution in [0.15, 0.2) is 18.2 Å². The molecule has 0 saturated carbocycles. The third-order valence-corrected chi connectivity index (χ3v) is 3.53. The summed E-state index contributed by atoms with van der Waals surface area (Å²) < 4.78 is 4.91. The highest BCUT2D eigenvalue weighted by Gasteiger charge is 2.22. The predicted molar refractivity (Wildman–Crippen MR) is 72.7 cm³/mol. The average Bonchev–Trinajstić information content (AvgIpc) is 2.37. The van der Waals surface area contributed by atoms with Crippen molar-refractivity contribution in [2.75, 3.05) is 19.5 Å². The van der Waals surface area contributed by atoms with Crippen LogP contribution in [0.4, 0.5) is 5.69 Å². The molecule has 7 heteroatoms. The van der Waals surface area contributed by atoms with Crippen molar-refractivity contribution in [2.45, 2.75) is 12.2 Å². The molecule has 1 aromatic carbocycles. The lowest BCUT2D eigenvalue weighted by Gasteiger charge is -2.06. The summed E-state index contributed by atoms with van der Waals surface area (Å²) in [7, 11) is 1.62. The third kappa shape index (κ3) is 4.53. The summed E-state index contributed by atoms with van der Waals surface area (Å²) in [6.45, 7) is 0.647. The number of carboxylic acids is 1. The lowest BCUT2D eigenvalue weighted by Crippen LogP contribution is -2.06. The van der Waals surface area contributed by atoms with Gasteiger partial charge >= 0.3 is 5.97 Å². The first-order valence-corrected chi connectivity index (χ1v) is 6.79. The maximum atomic E-state index is 11.1. The SMILES string of the molecule is COCCCSCc1cccc([N+](=O)[O-])c1C(=O)O. The standard InChI is InChI=1S/C12H15NO5S/c1-18-6-3-7-19-8-9-4-2-5-10(13(16)17)11(9)12(14)15/h2,4-5H,3,6-8H2,1H3,(H,14,15). The van der Waals surface area contributed by atoms with Gasteiger partial charge in [0.2, 0.25) is 0 Å². The molecule has 0 aliphatic carbocycles. The fraction of sp³-hybridized carbons (Fsp3) is 0.417. The number of nitro groups is 1. The second kappa shape index (κ2) is 7.75. The highest BCUT2D eigenvalue weighted by molar-refractivity contribution is 7.98. The van der Waals surface area contributed by atoms with Gasteiger partial charge in [-0.15, -0.1) is 0 Å². The molecule has 0 bridgehead atoms. The molecular weight excluding hydrogens is 270 g/mol. The van der Waals surface area contributed by atoms with E-state index in [1.165, 1.54) is 23.9 Å². The number of thioether (sulfide) groups is 1. The molecule has 1 N–H and O–H groups in total. The molecule has 0 aliphatic heterocycles. The molecule has 1 aromatic rings. The summed E-state index contributed by atoms with van der Waals surface area (Å²) in [6, 6.07) is 4.33. The first kappa shape index (κ1) is 15.5. The normalized spacial score (nSPS) is 10.4. The molecular formula is C12H15NO5S. The molecule has 0 saturated heterocycles. The van der Waals surface area contributed by atoms with E-state index in [0.717, 1.165) is 12.2 Å².